The smallest absolute Gasteiger partial charge is 0.141 e. The Balaban J connectivity index is 2.10. The van der Waals surface area contributed by atoms with E-state index in [1.807, 2.05) is 25.1 Å². The lowest BCUT2D eigenvalue weighted by molar-refractivity contribution is 0.478. The molecule has 0 aliphatic rings. The van der Waals surface area contributed by atoms with Crippen LogP contribution in [0.25, 0.3) is 0 Å². The van der Waals surface area contributed by atoms with Gasteiger partial charge in [0.15, 0.2) is 0 Å². The molecule has 0 fully saturated rings. The molecule has 0 radical (unpaired) electrons. The molecule has 0 bridgehead atoms. The van der Waals surface area contributed by atoms with Gasteiger partial charge in [-0.15, -0.1) is 0 Å². The Labute approximate surface area is 119 Å². The van der Waals surface area contributed by atoms with Gasteiger partial charge in [-0.05, 0) is 31.5 Å². The van der Waals surface area contributed by atoms with Crippen LogP contribution in [0.3, 0.4) is 0 Å². The number of nitrogens with zero attached hydrogens (tertiary/aromatic N) is 2. The maximum absolute atomic E-state index is 6.23. The summed E-state index contributed by atoms with van der Waals surface area (Å²) in [6.07, 6.45) is 1.50. The first kappa shape index (κ1) is 13.5. The van der Waals surface area contributed by atoms with E-state index in [1.54, 1.807) is 0 Å². The van der Waals surface area contributed by atoms with Gasteiger partial charge in [0.1, 0.15) is 12.2 Å². The Morgan fingerprint density at radius 1 is 1.33 bits per heavy atom. The second-order valence-electron chi connectivity index (χ2n) is 4.15. The molecule has 1 aromatic carbocycles. The monoisotopic (exact) mass is 328 g/mol. The molecule has 6 heteroatoms. The highest BCUT2D eigenvalue weighted by Crippen LogP contribution is 2.27. The first-order valence-corrected chi connectivity index (χ1v) is 6.81. The average molecular weight is 330 g/mol. The molecular weight excluding hydrogens is 316 g/mol. The van der Waals surface area contributed by atoms with Crippen molar-refractivity contribution in [2.24, 2.45) is 0 Å². The molecule has 2 unspecified atom stereocenters. The molecule has 2 N–H and O–H groups in total. The van der Waals surface area contributed by atoms with Crippen molar-refractivity contribution in [1.29, 1.82) is 0 Å². The fraction of sp³-hybridized carbons (Fsp3) is 0.333. The number of H-pyrrole nitrogens is 1. The molecule has 4 nitrogen and oxygen atoms in total. The predicted molar refractivity (Wildman–Crippen MR) is 75.5 cm³/mol. The normalized spacial score (nSPS) is 14.4. The minimum Gasteiger partial charge on any atom is -0.301 e. The lowest BCUT2D eigenvalue weighted by Crippen LogP contribution is -2.23. The number of rotatable bonds is 4. The van der Waals surface area contributed by atoms with Crippen molar-refractivity contribution >= 4 is 27.5 Å². The molecule has 18 heavy (non-hydrogen) atoms. The van der Waals surface area contributed by atoms with Gasteiger partial charge in [-0.3, -0.25) is 5.10 Å². The van der Waals surface area contributed by atoms with Crippen LogP contribution in [0.4, 0.5) is 0 Å². The van der Waals surface area contributed by atoms with Gasteiger partial charge < -0.3 is 5.32 Å². The lowest BCUT2D eigenvalue weighted by Gasteiger charge is -2.19. The SMILES string of the molecule is CC(NC(C)c1ccc(Br)cc1Cl)c1ncn[nH]1. The maximum atomic E-state index is 6.23. The summed E-state index contributed by atoms with van der Waals surface area (Å²) in [5.74, 6) is 0.815. The van der Waals surface area contributed by atoms with Gasteiger partial charge in [-0.25, -0.2) is 4.98 Å². The molecule has 2 aromatic rings. The molecule has 1 aromatic heterocycles. The van der Waals surface area contributed by atoms with Crippen molar-refractivity contribution in [1.82, 2.24) is 20.5 Å². The lowest BCUT2D eigenvalue weighted by atomic mass is 10.1. The van der Waals surface area contributed by atoms with E-state index in [0.29, 0.717) is 0 Å². The van der Waals surface area contributed by atoms with Crippen LogP contribution >= 0.6 is 27.5 Å². The number of halogens is 2. The van der Waals surface area contributed by atoms with Crippen molar-refractivity contribution in [3.8, 4) is 0 Å². The molecule has 96 valence electrons. The fourth-order valence-corrected chi connectivity index (χ4v) is 2.66. The Bertz CT molecular complexity index is 515. The van der Waals surface area contributed by atoms with Crippen molar-refractivity contribution in [2.45, 2.75) is 25.9 Å². The van der Waals surface area contributed by atoms with E-state index < -0.39 is 0 Å². The van der Waals surface area contributed by atoms with Crippen LogP contribution in [-0.2, 0) is 0 Å². The first-order valence-electron chi connectivity index (χ1n) is 5.64. The zero-order chi connectivity index (χ0) is 13.1. The van der Waals surface area contributed by atoms with Crippen LogP contribution < -0.4 is 5.32 Å². The van der Waals surface area contributed by atoms with Gasteiger partial charge in [-0.1, -0.05) is 33.6 Å². The highest BCUT2D eigenvalue weighted by molar-refractivity contribution is 9.10. The number of aromatic amines is 1. The molecular formula is C12H14BrClN4. The van der Waals surface area contributed by atoms with E-state index >= 15 is 0 Å². The van der Waals surface area contributed by atoms with Crippen molar-refractivity contribution in [2.75, 3.05) is 0 Å². The second-order valence-corrected chi connectivity index (χ2v) is 5.47. The molecule has 0 aliphatic carbocycles. The van der Waals surface area contributed by atoms with Gasteiger partial charge in [0.2, 0.25) is 0 Å². The van der Waals surface area contributed by atoms with Crippen molar-refractivity contribution in [3.05, 3.63) is 45.4 Å². The summed E-state index contributed by atoms with van der Waals surface area (Å²) in [6, 6.07) is 6.11. The molecule has 1 heterocycles. The Kier molecular flexibility index (Phi) is 4.37. The quantitative estimate of drug-likeness (QED) is 0.900. The highest BCUT2D eigenvalue weighted by atomic mass is 79.9. The standard InChI is InChI=1S/C12H14BrClN4/c1-7(10-4-3-9(13)5-11(10)14)17-8(2)12-15-6-16-18-12/h3-8,17H,1-2H3,(H,15,16,18). The number of nitrogens with one attached hydrogen (secondary N) is 2. The minimum absolute atomic E-state index is 0.0854. The summed E-state index contributed by atoms with van der Waals surface area (Å²) in [6.45, 7) is 4.10. The second kappa shape index (κ2) is 5.82. The summed E-state index contributed by atoms with van der Waals surface area (Å²) in [5.41, 5.74) is 1.06. The van der Waals surface area contributed by atoms with E-state index in [9.17, 15) is 0 Å². The van der Waals surface area contributed by atoms with Gasteiger partial charge in [0, 0.05) is 15.5 Å². The summed E-state index contributed by atoms with van der Waals surface area (Å²) in [7, 11) is 0. The first-order chi connectivity index (χ1) is 8.58. The molecule has 0 saturated heterocycles. The Morgan fingerprint density at radius 3 is 2.72 bits per heavy atom. The molecule has 0 amide bonds. The summed E-state index contributed by atoms with van der Waals surface area (Å²) in [5, 5.41) is 10.9. The highest BCUT2D eigenvalue weighted by Gasteiger charge is 2.15. The number of hydrogen-bond donors (Lipinski definition) is 2. The zero-order valence-corrected chi connectivity index (χ0v) is 12.5. The predicted octanol–water partition coefficient (Wildman–Crippen LogP) is 3.63. The van der Waals surface area contributed by atoms with Crippen LogP contribution in [0, 0.1) is 0 Å². The summed E-state index contributed by atoms with van der Waals surface area (Å²) < 4.78 is 0.978. The van der Waals surface area contributed by atoms with Crippen LogP contribution in [0.2, 0.25) is 5.02 Å². The Morgan fingerprint density at radius 2 is 2.11 bits per heavy atom. The van der Waals surface area contributed by atoms with Gasteiger partial charge in [-0.2, -0.15) is 5.10 Å². The largest absolute Gasteiger partial charge is 0.301 e. The molecule has 2 rings (SSSR count). The average Bonchev–Trinajstić information content (AvgIpc) is 2.81. The summed E-state index contributed by atoms with van der Waals surface area (Å²) in [4.78, 5) is 4.13. The van der Waals surface area contributed by atoms with E-state index in [1.165, 1.54) is 6.33 Å². The number of aromatic nitrogens is 3. The van der Waals surface area contributed by atoms with Crippen LogP contribution in [0.5, 0.6) is 0 Å². The molecule has 0 aliphatic heterocycles. The van der Waals surface area contributed by atoms with Crippen LogP contribution in [0.1, 0.15) is 37.3 Å². The maximum Gasteiger partial charge on any atom is 0.141 e. The van der Waals surface area contributed by atoms with Gasteiger partial charge in [0.25, 0.3) is 0 Å². The number of benzene rings is 1. The van der Waals surface area contributed by atoms with Crippen LogP contribution in [0.15, 0.2) is 29.0 Å². The Hall–Kier alpha value is -0.910. The topological polar surface area (TPSA) is 53.6 Å². The van der Waals surface area contributed by atoms with Gasteiger partial charge in [0.05, 0.1) is 6.04 Å². The van der Waals surface area contributed by atoms with E-state index in [0.717, 1.165) is 20.9 Å². The van der Waals surface area contributed by atoms with Gasteiger partial charge >= 0.3 is 0 Å². The summed E-state index contributed by atoms with van der Waals surface area (Å²) >= 11 is 9.63. The van der Waals surface area contributed by atoms with Crippen molar-refractivity contribution in [3.63, 3.8) is 0 Å². The third-order valence-electron chi connectivity index (χ3n) is 2.77. The number of hydrogen-bond acceptors (Lipinski definition) is 3. The van der Waals surface area contributed by atoms with E-state index in [-0.39, 0.29) is 12.1 Å². The molecule has 0 saturated carbocycles. The molecule has 2 atom stereocenters. The minimum atomic E-state index is 0.0854. The third kappa shape index (κ3) is 3.10. The zero-order valence-electron chi connectivity index (χ0n) is 10.1. The molecule has 0 spiro atoms. The van der Waals surface area contributed by atoms with E-state index in [2.05, 4.69) is 43.4 Å². The van der Waals surface area contributed by atoms with Crippen LogP contribution in [-0.4, -0.2) is 15.2 Å². The van der Waals surface area contributed by atoms with E-state index in [4.69, 9.17) is 11.6 Å². The third-order valence-corrected chi connectivity index (χ3v) is 3.59. The van der Waals surface area contributed by atoms with Crippen molar-refractivity contribution < 1.29 is 0 Å². The fourth-order valence-electron chi connectivity index (χ4n) is 1.82.